The molecule has 26 heavy (non-hydrogen) atoms. The van der Waals surface area contributed by atoms with Gasteiger partial charge in [0.2, 0.25) is 10.0 Å². The van der Waals surface area contributed by atoms with Crippen LogP contribution >= 0.6 is 15.9 Å². The second kappa shape index (κ2) is 6.53. The van der Waals surface area contributed by atoms with Gasteiger partial charge in [-0.05, 0) is 28.1 Å². The average Bonchev–Trinajstić information content (AvgIpc) is 3.28. The van der Waals surface area contributed by atoms with Crippen LogP contribution in [0, 0.1) is 0 Å². The summed E-state index contributed by atoms with van der Waals surface area (Å²) in [6, 6.07) is 5.03. The number of amides is 1. The third-order valence-electron chi connectivity index (χ3n) is 4.37. The highest BCUT2D eigenvalue weighted by molar-refractivity contribution is 9.10. The van der Waals surface area contributed by atoms with Crippen LogP contribution in [-0.4, -0.2) is 59.7 Å². The lowest BCUT2D eigenvalue weighted by molar-refractivity contribution is 0.0697. The fourth-order valence-corrected chi connectivity index (χ4v) is 4.93. The number of rotatable bonds is 3. The van der Waals surface area contributed by atoms with Crippen molar-refractivity contribution in [1.29, 1.82) is 0 Å². The first-order valence-electron chi connectivity index (χ1n) is 7.92. The number of H-pyrrole nitrogens is 1. The molecule has 4 rings (SSSR count). The van der Waals surface area contributed by atoms with Gasteiger partial charge in [-0.15, -0.1) is 0 Å². The first-order chi connectivity index (χ1) is 12.5. The summed E-state index contributed by atoms with van der Waals surface area (Å²) in [5, 5.41) is 0.564. The maximum absolute atomic E-state index is 13.0. The maximum Gasteiger partial charge on any atom is 0.257 e. The molecule has 8 nitrogen and oxygen atoms in total. The molecular formula is C16H15BrN4O4S. The van der Waals surface area contributed by atoms with Crippen molar-refractivity contribution >= 4 is 42.9 Å². The Morgan fingerprint density at radius 1 is 1.27 bits per heavy atom. The Morgan fingerprint density at radius 2 is 2.04 bits per heavy atom. The summed E-state index contributed by atoms with van der Waals surface area (Å²) < 4.78 is 32.9. The summed E-state index contributed by atoms with van der Waals surface area (Å²) in [6.45, 7) is 1.11. The summed E-state index contributed by atoms with van der Waals surface area (Å²) in [5.74, 6) is -0.173. The monoisotopic (exact) mass is 438 g/mol. The quantitative estimate of drug-likeness (QED) is 0.674. The fourth-order valence-electron chi connectivity index (χ4n) is 3.02. The van der Waals surface area contributed by atoms with Gasteiger partial charge in [0.1, 0.15) is 16.8 Å². The molecule has 10 heteroatoms. The van der Waals surface area contributed by atoms with Crippen LogP contribution in [-0.2, 0) is 10.0 Å². The number of aromatic nitrogens is 2. The van der Waals surface area contributed by atoms with E-state index < -0.39 is 10.0 Å². The number of carbonyl (C=O) groups is 1. The number of hydrogen-bond acceptors (Lipinski definition) is 5. The highest BCUT2D eigenvalue weighted by Crippen LogP contribution is 2.25. The zero-order valence-electron chi connectivity index (χ0n) is 13.6. The molecule has 1 amide bonds. The molecule has 1 saturated heterocycles. The molecular weight excluding hydrogens is 424 g/mol. The number of fused-ring (bicyclic) bond motifs is 1. The van der Waals surface area contributed by atoms with Gasteiger partial charge in [-0.1, -0.05) is 0 Å². The van der Waals surface area contributed by atoms with Crippen molar-refractivity contribution in [3.05, 3.63) is 47.1 Å². The zero-order chi connectivity index (χ0) is 18.3. The molecule has 4 heterocycles. The highest BCUT2D eigenvalue weighted by atomic mass is 79.9. The lowest BCUT2D eigenvalue weighted by Crippen LogP contribution is -2.50. The van der Waals surface area contributed by atoms with Crippen LogP contribution in [0.15, 0.2) is 50.8 Å². The summed E-state index contributed by atoms with van der Waals surface area (Å²) in [5.41, 5.74) is 0.973. The van der Waals surface area contributed by atoms with Crippen LogP contribution in [0.3, 0.4) is 0 Å². The molecule has 0 saturated carbocycles. The molecule has 0 radical (unpaired) electrons. The summed E-state index contributed by atoms with van der Waals surface area (Å²) in [6.07, 6.45) is 4.45. The lowest BCUT2D eigenvalue weighted by Gasteiger charge is -2.33. The number of furan rings is 1. The van der Waals surface area contributed by atoms with Crippen LogP contribution in [0.25, 0.3) is 11.0 Å². The summed E-state index contributed by atoms with van der Waals surface area (Å²) in [4.78, 5) is 21.3. The second-order valence-electron chi connectivity index (χ2n) is 5.89. The Labute approximate surface area is 158 Å². The van der Waals surface area contributed by atoms with Crippen LogP contribution < -0.4 is 0 Å². The molecule has 0 unspecified atom stereocenters. The molecule has 0 spiro atoms. The minimum atomic E-state index is -3.66. The van der Waals surface area contributed by atoms with Crippen molar-refractivity contribution in [3.63, 3.8) is 0 Å². The lowest BCUT2D eigenvalue weighted by atomic mass is 10.2. The Kier molecular flexibility index (Phi) is 4.33. The smallest absolute Gasteiger partial charge is 0.257 e. The van der Waals surface area contributed by atoms with E-state index in [1.807, 2.05) is 0 Å². The van der Waals surface area contributed by atoms with E-state index in [-0.39, 0.29) is 23.9 Å². The number of hydrogen-bond donors (Lipinski definition) is 1. The van der Waals surface area contributed by atoms with E-state index in [2.05, 4.69) is 25.9 Å². The van der Waals surface area contributed by atoms with Crippen LogP contribution in [0.2, 0.25) is 0 Å². The molecule has 1 N–H and O–H groups in total. The van der Waals surface area contributed by atoms with Gasteiger partial charge in [-0.3, -0.25) is 4.79 Å². The van der Waals surface area contributed by atoms with E-state index in [4.69, 9.17) is 4.42 Å². The number of sulfonamides is 1. The molecule has 0 aromatic carbocycles. The average molecular weight is 439 g/mol. The largest absolute Gasteiger partial charge is 0.457 e. The first-order valence-corrected chi connectivity index (χ1v) is 10.2. The fraction of sp³-hybridized carbons (Fsp3) is 0.250. The maximum atomic E-state index is 13.0. The van der Waals surface area contributed by atoms with Crippen LogP contribution in [0.5, 0.6) is 0 Å². The van der Waals surface area contributed by atoms with Gasteiger partial charge in [0.15, 0.2) is 4.67 Å². The molecule has 0 atom stereocenters. The van der Waals surface area contributed by atoms with E-state index in [9.17, 15) is 13.2 Å². The van der Waals surface area contributed by atoms with Crippen molar-refractivity contribution in [3.8, 4) is 0 Å². The van der Waals surface area contributed by atoms with Gasteiger partial charge >= 0.3 is 0 Å². The van der Waals surface area contributed by atoms with Gasteiger partial charge in [0, 0.05) is 50.0 Å². The van der Waals surface area contributed by atoms with E-state index in [0.29, 0.717) is 34.4 Å². The van der Waals surface area contributed by atoms with Crippen molar-refractivity contribution in [2.45, 2.75) is 4.90 Å². The number of halogens is 1. The topological polar surface area (TPSA) is 99.5 Å². The third kappa shape index (κ3) is 2.93. The van der Waals surface area contributed by atoms with Crippen molar-refractivity contribution in [1.82, 2.24) is 19.2 Å². The Morgan fingerprint density at radius 3 is 2.73 bits per heavy atom. The van der Waals surface area contributed by atoms with Gasteiger partial charge in [-0.2, -0.15) is 4.31 Å². The molecule has 1 aliphatic heterocycles. The number of nitrogens with zero attached hydrogens (tertiary/aromatic N) is 3. The van der Waals surface area contributed by atoms with Crippen LogP contribution in [0.4, 0.5) is 0 Å². The van der Waals surface area contributed by atoms with Gasteiger partial charge < -0.3 is 14.3 Å². The minimum Gasteiger partial charge on any atom is -0.457 e. The van der Waals surface area contributed by atoms with E-state index in [1.54, 1.807) is 29.3 Å². The van der Waals surface area contributed by atoms with Gasteiger partial charge in [0.05, 0.1) is 5.56 Å². The minimum absolute atomic E-state index is 0.173. The summed E-state index contributed by atoms with van der Waals surface area (Å²) >= 11 is 3.17. The first kappa shape index (κ1) is 17.3. The number of piperazine rings is 1. The summed E-state index contributed by atoms with van der Waals surface area (Å²) in [7, 11) is -3.66. The van der Waals surface area contributed by atoms with Gasteiger partial charge in [0.25, 0.3) is 5.91 Å². The van der Waals surface area contributed by atoms with Crippen molar-refractivity contribution in [2.24, 2.45) is 0 Å². The SMILES string of the molecule is O=C(c1coc(Br)c1)N1CCN(S(=O)(=O)c2c[nH]c3ncccc23)CC1. The van der Waals surface area contributed by atoms with E-state index in [1.165, 1.54) is 16.8 Å². The number of pyridine rings is 1. The third-order valence-corrected chi connectivity index (χ3v) is 6.73. The van der Waals surface area contributed by atoms with Crippen LogP contribution in [0.1, 0.15) is 10.4 Å². The zero-order valence-corrected chi connectivity index (χ0v) is 16.0. The predicted molar refractivity (Wildman–Crippen MR) is 97.2 cm³/mol. The predicted octanol–water partition coefficient (Wildman–Crippen LogP) is 2.07. The molecule has 3 aromatic heterocycles. The molecule has 0 bridgehead atoms. The molecule has 1 fully saturated rings. The van der Waals surface area contributed by atoms with E-state index in [0.717, 1.165) is 0 Å². The molecule has 0 aliphatic carbocycles. The molecule has 3 aromatic rings. The number of nitrogens with one attached hydrogen (secondary N) is 1. The Hall–Kier alpha value is -2.17. The Bertz CT molecular complexity index is 1070. The van der Waals surface area contributed by atoms with Crippen molar-refractivity contribution < 1.29 is 17.6 Å². The number of carbonyl (C=O) groups excluding carboxylic acids is 1. The molecule has 1 aliphatic rings. The van der Waals surface area contributed by atoms with Gasteiger partial charge in [-0.25, -0.2) is 13.4 Å². The molecule has 136 valence electrons. The van der Waals surface area contributed by atoms with E-state index >= 15 is 0 Å². The van der Waals surface area contributed by atoms with Crippen molar-refractivity contribution in [2.75, 3.05) is 26.2 Å². The number of aromatic amines is 1. The second-order valence-corrected chi connectivity index (χ2v) is 8.58. The Balaban J connectivity index is 1.51. The normalized spacial score (nSPS) is 16.3. The highest BCUT2D eigenvalue weighted by Gasteiger charge is 2.32. The standard InChI is InChI=1S/C16H15BrN4O4S/c17-14-8-11(10-25-14)16(22)20-4-6-21(7-5-20)26(23,24)13-9-19-15-12(13)2-1-3-18-15/h1-3,8-10H,4-7H2,(H,18,19).